The van der Waals surface area contributed by atoms with Crippen molar-refractivity contribution < 1.29 is 9.53 Å². The molecule has 0 saturated carbocycles. The van der Waals surface area contributed by atoms with Gasteiger partial charge in [-0.2, -0.15) is 4.99 Å². The molecule has 1 aromatic rings. The molecular formula is C12H16Cl2N2O2. The van der Waals surface area contributed by atoms with Crippen LogP contribution in [0.25, 0.3) is 0 Å². The first kappa shape index (κ1) is 17.1. The fourth-order valence-electron chi connectivity index (χ4n) is 1.79. The summed E-state index contributed by atoms with van der Waals surface area (Å²) in [5.74, 6) is 0. The molecule has 0 aromatic heterocycles. The van der Waals surface area contributed by atoms with Gasteiger partial charge in [0.2, 0.25) is 6.08 Å². The molecule has 1 aliphatic heterocycles. The van der Waals surface area contributed by atoms with Crippen LogP contribution in [0.5, 0.6) is 0 Å². The predicted molar refractivity (Wildman–Crippen MR) is 74.8 cm³/mol. The van der Waals surface area contributed by atoms with Crippen LogP contribution >= 0.6 is 24.8 Å². The number of ether oxygens (including phenoxy) is 1. The topological polar surface area (TPSA) is 41.9 Å². The van der Waals surface area contributed by atoms with Gasteiger partial charge in [0.1, 0.15) is 0 Å². The third-order valence-corrected chi connectivity index (χ3v) is 2.60. The lowest BCUT2D eigenvalue weighted by molar-refractivity contribution is 0.0342. The summed E-state index contributed by atoms with van der Waals surface area (Å²) in [5.41, 5.74) is 1.83. The Hall–Kier alpha value is -0.900. The largest absolute Gasteiger partial charge is 0.379 e. The van der Waals surface area contributed by atoms with Crippen LogP contribution < -0.4 is 0 Å². The van der Waals surface area contributed by atoms with Crippen molar-refractivity contribution in [2.75, 3.05) is 26.3 Å². The van der Waals surface area contributed by atoms with Crippen LogP contribution in [0.15, 0.2) is 29.3 Å². The maximum Gasteiger partial charge on any atom is 0.240 e. The maximum absolute atomic E-state index is 10.2. The minimum absolute atomic E-state index is 0. The molecule has 1 fully saturated rings. The van der Waals surface area contributed by atoms with Crippen LogP contribution in [-0.2, 0) is 16.1 Å². The van der Waals surface area contributed by atoms with Crippen LogP contribution in [-0.4, -0.2) is 37.3 Å². The van der Waals surface area contributed by atoms with Gasteiger partial charge in [-0.05, 0) is 17.7 Å². The number of benzene rings is 1. The Bertz CT molecular complexity index is 403. The monoisotopic (exact) mass is 290 g/mol. The first-order valence-electron chi connectivity index (χ1n) is 5.35. The minimum atomic E-state index is 0. The second kappa shape index (κ2) is 9.09. The van der Waals surface area contributed by atoms with Gasteiger partial charge in [-0.1, -0.05) is 12.1 Å². The van der Waals surface area contributed by atoms with E-state index in [9.17, 15) is 4.79 Å². The average Bonchev–Trinajstić information content (AvgIpc) is 2.31. The highest BCUT2D eigenvalue weighted by Crippen LogP contribution is 2.15. The molecule has 1 aromatic carbocycles. The number of aliphatic imine (C=N–C) groups is 1. The third kappa shape index (κ3) is 5.17. The molecule has 0 radical (unpaired) electrons. The molecule has 4 nitrogen and oxygen atoms in total. The van der Waals surface area contributed by atoms with Crippen LogP contribution in [0.1, 0.15) is 5.56 Å². The molecule has 0 atom stereocenters. The van der Waals surface area contributed by atoms with Crippen molar-refractivity contribution in [2.24, 2.45) is 4.99 Å². The lowest BCUT2D eigenvalue weighted by Crippen LogP contribution is -2.35. The fourth-order valence-corrected chi connectivity index (χ4v) is 1.79. The van der Waals surface area contributed by atoms with E-state index in [0.29, 0.717) is 5.69 Å². The smallest absolute Gasteiger partial charge is 0.240 e. The van der Waals surface area contributed by atoms with E-state index in [1.807, 2.05) is 18.2 Å². The lowest BCUT2D eigenvalue weighted by atomic mass is 10.2. The second-order valence-corrected chi connectivity index (χ2v) is 3.76. The van der Waals surface area contributed by atoms with E-state index in [1.54, 1.807) is 12.1 Å². The number of hydrogen-bond acceptors (Lipinski definition) is 4. The molecule has 6 heteroatoms. The van der Waals surface area contributed by atoms with E-state index in [0.717, 1.165) is 32.8 Å². The molecule has 0 N–H and O–H groups in total. The lowest BCUT2D eigenvalue weighted by Gasteiger charge is -2.26. The highest BCUT2D eigenvalue weighted by molar-refractivity contribution is 5.85. The van der Waals surface area contributed by atoms with Gasteiger partial charge in [0, 0.05) is 19.6 Å². The summed E-state index contributed by atoms with van der Waals surface area (Å²) in [6, 6.07) is 7.67. The van der Waals surface area contributed by atoms with Gasteiger partial charge >= 0.3 is 0 Å². The molecular weight excluding hydrogens is 275 g/mol. The fraction of sp³-hybridized carbons (Fsp3) is 0.417. The Morgan fingerprint density at radius 1 is 1.28 bits per heavy atom. The zero-order chi connectivity index (χ0) is 11.2. The van der Waals surface area contributed by atoms with Crippen LogP contribution in [0.2, 0.25) is 0 Å². The highest BCUT2D eigenvalue weighted by atomic mass is 35.5. The van der Waals surface area contributed by atoms with E-state index >= 15 is 0 Å². The van der Waals surface area contributed by atoms with Crippen LogP contribution in [0.3, 0.4) is 0 Å². The van der Waals surface area contributed by atoms with Gasteiger partial charge < -0.3 is 4.74 Å². The van der Waals surface area contributed by atoms with E-state index in [-0.39, 0.29) is 24.8 Å². The zero-order valence-corrected chi connectivity index (χ0v) is 11.5. The van der Waals surface area contributed by atoms with E-state index in [2.05, 4.69) is 9.89 Å². The zero-order valence-electron chi connectivity index (χ0n) is 9.87. The Morgan fingerprint density at radius 3 is 2.67 bits per heavy atom. The Labute approximate surface area is 119 Å². The molecule has 1 aliphatic rings. The summed E-state index contributed by atoms with van der Waals surface area (Å²) < 4.78 is 5.29. The quantitative estimate of drug-likeness (QED) is 0.634. The van der Waals surface area contributed by atoms with Crippen molar-refractivity contribution in [3.63, 3.8) is 0 Å². The molecule has 0 aliphatic carbocycles. The normalized spacial score (nSPS) is 14.9. The predicted octanol–water partition coefficient (Wildman–Crippen LogP) is 2.33. The Kier molecular flexibility index (Phi) is 8.63. The summed E-state index contributed by atoms with van der Waals surface area (Å²) in [6.45, 7) is 4.40. The molecule has 100 valence electrons. The van der Waals surface area contributed by atoms with Gasteiger partial charge in [0.15, 0.2) is 0 Å². The number of halogens is 2. The molecule has 0 bridgehead atoms. The molecule has 2 rings (SSSR count). The molecule has 0 unspecified atom stereocenters. The number of isocyanates is 1. The first-order chi connectivity index (χ1) is 7.88. The third-order valence-electron chi connectivity index (χ3n) is 2.60. The summed E-state index contributed by atoms with van der Waals surface area (Å²) >= 11 is 0. The van der Waals surface area contributed by atoms with E-state index < -0.39 is 0 Å². The summed E-state index contributed by atoms with van der Waals surface area (Å²) in [5, 5.41) is 0. The van der Waals surface area contributed by atoms with Gasteiger partial charge in [0.25, 0.3) is 0 Å². The molecule has 0 spiro atoms. The number of nitrogens with zero attached hydrogens (tertiary/aromatic N) is 2. The van der Waals surface area contributed by atoms with Crippen LogP contribution in [0.4, 0.5) is 5.69 Å². The van der Waals surface area contributed by atoms with Gasteiger partial charge in [-0.15, -0.1) is 24.8 Å². The minimum Gasteiger partial charge on any atom is -0.379 e. The average molecular weight is 291 g/mol. The SMILES string of the molecule is Cl.Cl.O=C=Nc1cccc(CN2CCOCC2)c1. The van der Waals surface area contributed by atoms with Crippen molar-refractivity contribution in [3.8, 4) is 0 Å². The summed E-state index contributed by atoms with van der Waals surface area (Å²) in [7, 11) is 0. The Balaban J connectivity index is 0.00000144. The maximum atomic E-state index is 10.2. The first-order valence-corrected chi connectivity index (χ1v) is 5.35. The standard InChI is InChI=1S/C12H14N2O2.2ClH/c15-10-13-12-3-1-2-11(8-12)9-14-4-6-16-7-5-14;;/h1-3,8H,4-7,9H2;2*1H. The van der Waals surface area contributed by atoms with Crippen molar-refractivity contribution in [3.05, 3.63) is 29.8 Å². The van der Waals surface area contributed by atoms with Crippen molar-refractivity contribution in [2.45, 2.75) is 6.54 Å². The number of morpholine rings is 1. The number of hydrogen-bond donors (Lipinski definition) is 0. The second-order valence-electron chi connectivity index (χ2n) is 3.76. The van der Waals surface area contributed by atoms with E-state index in [4.69, 9.17) is 4.74 Å². The van der Waals surface area contributed by atoms with Gasteiger partial charge in [-0.3, -0.25) is 4.90 Å². The Morgan fingerprint density at radius 2 is 2.00 bits per heavy atom. The molecule has 0 amide bonds. The van der Waals surface area contributed by atoms with Gasteiger partial charge in [-0.25, -0.2) is 4.79 Å². The summed E-state index contributed by atoms with van der Waals surface area (Å²) in [6.07, 6.45) is 1.56. The molecule has 18 heavy (non-hydrogen) atoms. The van der Waals surface area contributed by atoms with Crippen molar-refractivity contribution in [1.29, 1.82) is 0 Å². The summed E-state index contributed by atoms with van der Waals surface area (Å²) in [4.78, 5) is 16.1. The molecule has 1 saturated heterocycles. The number of rotatable bonds is 3. The number of carbonyl (C=O) groups excluding carboxylic acids is 1. The van der Waals surface area contributed by atoms with Crippen molar-refractivity contribution >= 4 is 36.6 Å². The highest BCUT2D eigenvalue weighted by Gasteiger charge is 2.10. The van der Waals surface area contributed by atoms with E-state index in [1.165, 1.54) is 5.56 Å². The van der Waals surface area contributed by atoms with Gasteiger partial charge in [0.05, 0.1) is 18.9 Å². The van der Waals surface area contributed by atoms with Crippen LogP contribution in [0, 0.1) is 0 Å². The van der Waals surface area contributed by atoms with Crippen molar-refractivity contribution in [1.82, 2.24) is 4.90 Å². The molecule has 1 heterocycles.